The summed E-state index contributed by atoms with van der Waals surface area (Å²) in [5.41, 5.74) is 3.22. The number of thiocarbonyl (C=S) groups is 1. The van der Waals surface area contributed by atoms with Crippen LogP contribution in [0.5, 0.6) is 5.75 Å². The van der Waals surface area contributed by atoms with Gasteiger partial charge in [0.25, 0.3) is 0 Å². The van der Waals surface area contributed by atoms with Gasteiger partial charge < -0.3 is 19.5 Å². The Balaban J connectivity index is 1.40. The van der Waals surface area contributed by atoms with Gasteiger partial charge in [-0.1, -0.05) is 18.2 Å². The zero-order valence-electron chi connectivity index (χ0n) is 19.8. The van der Waals surface area contributed by atoms with E-state index in [1.54, 1.807) is 18.3 Å². The fourth-order valence-electron chi connectivity index (χ4n) is 5.32. The highest BCUT2D eigenvalue weighted by Crippen LogP contribution is 2.42. The molecule has 2 aromatic heterocycles. The minimum Gasteiger partial charge on any atom is -0.490 e. The van der Waals surface area contributed by atoms with E-state index >= 15 is 0 Å². The van der Waals surface area contributed by atoms with Crippen LogP contribution in [0.2, 0.25) is 0 Å². The standard InChI is InChI=1S/C29H27FN4OS/c30-23-10-3-4-12-25(23)33-19-7-13-26(33)28-27(24-11-5-6-18-31-24)32-29(36)34(28)20-14-16-22(17-15-20)35-21-8-1-2-9-21/h3-7,10-19,21,27-28H,1-2,8-9H2,(H,32,36). The highest BCUT2D eigenvalue weighted by molar-refractivity contribution is 7.80. The van der Waals surface area contributed by atoms with Gasteiger partial charge in [-0.05, 0) is 98.6 Å². The fourth-order valence-corrected chi connectivity index (χ4v) is 5.66. The van der Waals surface area contributed by atoms with Crippen LogP contribution in [-0.4, -0.2) is 20.8 Å². The first-order valence-electron chi connectivity index (χ1n) is 12.4. The van der Waals surface area contributed by atoms with Crippen molar-refractivity contribution in [1.82, 2.24) is 14.9 Å². The maximum atomic E-state index is 14.8. The molecule has 5 nitrogen and oxygen atoms in total. The summed E-state index contributed by atoms with van der Waals surface area (Å²) >= 11 is 5.86. The lowest BCUT2D eigenvalue weighted by Gasteiger charge is -2.29. The SMILES string of the molecule is Fc1ccccc1-n1cccc1C1C(c2ccccn2)NC(=S)N1c1ccc(OC2CCCC2)cc1. The Labute approximate surface area is 215 Å². The molecule has 1 aliphatic carbocycles. The van der Waals surface area contributed by atoms with E-state index in [-0.39, 0.29) is 17.9 Å². The Morgan fingerprint density at radius 1 is 0.917 bits per heavy atom. The molecule has 7 heteroatoms. The molecule has 182 valence electrons. The van der Waals surface area contributed by atoms with Gasteiger partial charge in [-0.3, -0.25) is 4.98 Å². The van der Waals surface area contributed by atoms with Crippen molar-refractivity contribution in [3.05, 3.63) is 108 Å². The molecule has 0 radical (unpaired) electrons. The maximum Gasteiger partial charge on any atom is 0.174 e. The van der Waals surface area contributed by atoms with Crippen LogP contribution in [0.1, 0.15) is 49.2 Å². The number of pyridine rings is 1. The molecule has 36 heavy (non-hydrogen) atoms. The van der Waals surface area contributed by atoms with Crippen LogP contribution in [0, 0.1) is 5.82 Å². The summed E-state index contributed by atoms with van der Waals surface area (Å²) in [5, 5.41) is 4.08. The summed E-state index contributed by atoms with van der Waals surface area (Å²) in [6.45, 7) is 0. The van der Waals surface area contributed by atoms with Gasteiger partial charge >= 0.3 is 0 Å². The minimum absolute atomic E-state index is 0.214. The van der Waals surface area contributed by atoms with Crippen molar-refractivity contribution >= 4 is 23.0 Å². The van der Waals surface area contributed by atoms with E-state index in [4.69, 9.17) is 17.0 Å². The van der Waals surface area contributed by atoms with Crippen LogP contribution < -0.4 is 15.0 Å². The Bertz CT molecular complexity index is 1350. The number of hydrogen-bond donors (Lipinski definition) is 1. The number of benzene rings is 2. The number of halogens is 1. The van der Waals surface area contributed by atoms with Crippen molar-refractivity contribution in [2.45, 2.75) is 43.9 Å². The Hall–Kier alpha value is -3.71. The van der Waals surface area contributed by atoms with E-state index in [0.29, 0.717) is 16.9 Å². The first kappa shape index (κ1) is 22.7. The van der Waals surface area contributed by atoms with E-state index in [0.717, 1.165) is 35.7 Å². The van der Waals surface area contributed by atoms with Gasteiger partial charge in [-0.25, -0.2) is 4.39 Å². The van der Waals surface area contributed by atoms with Gasteiger partial charge in [-0.2, -0.15) is 0 Å². The predicted octanol–water partition coefficient (Wildman–Crippen LogP) is 6.51. The molecule has 1 aliphatic heterocycles. The molecule has 1 saturated carbocycles. The molecule has 2 unspecified atom stereocenters. The number of rotatable bonds is 6. The van der Waals surface area contributed by atoms with E-state index in [2.05, 4.69) is 15.2 Å². The molecule has 1 saturated heterocycles. The van der Waals surface area contributed by atoms with Crippen molar-refractivity contribution in [3.8, 4) is 11.4 Å². The van der Waals surface area contributed by atoms with Gasteiger partial charge in [0, 0.05) is 23.8 Å². The van der Waals surface area contributed by atoms with Gasteiger partial charge in [0.05, 0.1) is 23.5 Å². The van der Waals surface area contributed by atoms with Crippen molar-refractivity contribution in [1.29, 1.82) is 0 Å². The molecule has 2 atom stereocenters. The third kappa shape index (κ3) is 4.24. The number of anilines is 1. The zero-order valence-corrected chi connectivity index (χ0v) is 20.6. The second kappa shape index (κ2) is 9.74. The van der Waals surface area contributed by atoms with Crippen molar-refractivity contribution < 1.29 is 9.13 Å². The average molecular weight is 499 g/mol. The smallest absolute Gasteiger partial charge is 0.174 e. The van der Waals surface area contributed by atoms with Gasteiger partial charge in [0.1, 0.15) is 17.6 Å². The van der Waals surface area contributed by atoms with Crippen LogP contribution in [0.3, 0.4) is 0 Å². The van der Waals surface area contributed by atoms with E-state index in [1.807, 2.05) is 71.4 Å². The molecular formula is C29H27FN4OS. The first-order valence-corrected chi connectivity index (χ1v) is 12.8. The first-order chi connectivity index (χ1) is 17.7. The molecule has 0 amide bonds. The quantitative estimate of drug-likeness (QED) is 0.307. The topological polar surface area (TPSA) is 42.3 Å². The fraction of sp³-hybridized carbons (Fsp3) is 0.241. The average Bonchev–Trinajstić information content (AvgIpc) is 3.66. The van der Waals surface area contributed by atoms with E-state index < -0.39 is 0 Å². The maximum absolute atomic E-state index is 14.8. The number of hydrogen-bond acceptors (Lipinski definition) is 3. The molecule has 3 heterocycles. The predicted molar refractivity (Wildman–Crippen MR) is 143 cm³/mol. The number of nitrogens with one attached hydrogen (secondary N) is 1. The summed E-state index contributed by atoms with van der Waals surface area (Å²) < 4.78 is 22.9. The third-order valence-electron chi connectivity index (χ3n) is 7.01. The van der Waals surface area contributed by atoms with Crippen LogP contribution in [0.15, 0.2) is 91.3 Å². The molecule has 1 N–H and O–H groups in total. The number of nitrogens with zero attached hydrogens (tertiary/aromatic N) is 3. The number of aromatic nitrogens is 2. The van der Waals surface area contributed by atoms with Crippen molar-refractivity contribution in [2.75, 3.05) is 4.90 Å². The summed E-state index contributed by atoms with van der Waals surface area (Å²) in [4.78, 5) is 6.72. The molecule has 6 rings (SSSR count). The van der Waals surface area contributed by atoms with E-state index in [1.165, 1.54) is 18.9 Å². The Morgan fingerprint density at radius 3 is 2.44 bits per heavy atom. The normalized spacial score (nSPS) is 20.0. The molecule has 0 spiro atoms. The lowest BCUT2D eigenvalue weighted by Crippen LogP contribution is -2.30. The highest BCUT2D eigenvalue weighted by Gasteiger charge is 2.42. The summed E-state index contributed by atoms with van der Waals surface area (Å²) in [5.74, 6) is 0.592. The van der Waals surface area contributed by atoms with Gasteiger partial charge in [-0.15, -0.1) is 0 Å². The summed E-state index contributed by atoms with van der Waals surface area (Å²) in [6.07, 6.45) is 8.66. The van der Waals surface area contributed by atoms with Crippen molar-refractivity contribution in [3.63, 3.8) is 0 Å². The monoisotopic (exact) mass is 498 g/mol. The van der Waals surface area contributed by atoms with E-state index in [9.17, 15) is 4.39 Å². The molecule has 2 aliphatic rings. The summed E-state index contributed by atoms with van der Waals surface area (Å²) in [6, 6.07) is 24.3. The molecule has 0 bridgehead atoms. The molecule has 4 aromatic rings. The lowest BCUT2D eigenvalue weighted by atomic mass is 10.0. The second-order valence-corrected chi connectivity index (χ2v) is 9.66. The van der Waals surface area contributed by atoms with Crippen LogP contribution in [0.25, 0.3) is 5.69 Å². The highest BCUT2D eigenvalue weighted by atomic mass is 32.1. The number of ether oxygens (including phenoxy) is 1. The van der Waals surface area contributed by atoms with Gasteiger partial charge in [0.15, 0.2) is 5.11 Å². The molecule has 2 aromatic carbocycles. The Morgan fingerprint density at radius 2 is 1.69 bits per heavy atom. The lowest BCUT2D eigenvalue weighted by molar-refractivity contribution is 0.210. The van der Waals surface area contributed by atoms with Crippen LogP contribution in [0.4, 0.5) is 10.1 Å². The summed E-state index contributed by atoms with van der Waals surface area (Å²) in [7, 11) is 0. The van der Waals surface area contributed by atoms with Crippen molar-refractivity contribution in [2.24, 2.45) is 0 Å². The number of para-hydroxylation sites is 1. The third-order valence-corrected chi connectivity index (χ3v) is 7.33. The zero-order chi connectivity index (χ0) is 24.5. The second-order valence-electron chi connectivity index (χ2n) is 9.27. The van der Waals surface area contributed by atoms with Gasteiger partial charge in [0.2, 0.25) is 0 Å². The Kier molecular flexibility index (Phi) is 6.15. The molecular weight excluding hydrogens is 471 g/mol. The molecule has 2 fully saturated rings. The van der Waals surface area contributed by atoms with Crippen LogP contribution in [-0.2, 0) is 0 Å². The minimum atomic E-state index is -0.280. The van der Waals surface area contributed by atoms with Crippen LogP contribution >= 0.6 is 12.2 Å². The largest absolute Gasteiger partial charge is 0.490 e.